The fourth-order valence-electron chi connectivity index (χ4n) is 4.49. The van der Waals surface area contributed by atoms with Gasteiger partial charge < -0.3 is 15.1 Å². The Morgan fingerprint density at radius 3 is 2.43 bits per heavy atom. The standard InChI is InChI=1S/C20H30N4O3S/c25-20(24-12-6-7-13-24)18-14-16(15-21-18)28(26,27)22-17-8-2-3-9-19(17)23-10-4-1-5-11-23/h2-3,8-9,16,18,21-22H,1,4-7,10-15H2. The molecule has 2 atom stereocenters. The lowest BCUT2D eigenvalue weighted by atomic mass is 10.1. The van der Waals surface area contributed by atoms with E-state index in [2.05, 4.69) is 14.9 Å². The third kappa shape index (κ3) is 4.12. The average molecular weight is 407 g/mol. The SMILES string of the molecule is O=C(C1CC(S(=O)(=O)Nc2ccccc2N2CCCCC2)CN1)N1CCCC1. The van der Waals surface area contributed by atoms with Crippen molar-refractivity contribution in [3.05, 3.63) is 24.3 Å². The molecule has 2 N–H and O–H groups in total. The first-order chi connectivity index (χ1) is 13.5. The summed E-state index contributed by atoms with van der Waals surface area (Å²) in [7, 11) is -3.57. The van der Waals surface area contributed by atoms with E-state index in [1.54, 1.807) is 0 Å². The van der Waals surface area contributed by atoms with Crippen molar-refractivity contribution in [2.75, 3.05) is 42.3 Å². The van der Waals surface area contributed by atoms with Crippen LogP contribution in [0.5, 0.6) is 0 Å². The summed E-state index contributed by atoms with van der Waals surface area (Å²) in [6.45, 7) is 3.80. The number of amides is 1. The normalized spacial score (nSPS) is 25.9. The molecule has 0 saturated carbocycles. The highest BCUT2D eigenvalue weighted by atomic mass is 32.2. The minimum Gasteiger partial charge on any atom is -0.370 e. The summed E-state index contributed by atoms with van der Waals surface area (Å²) in [6.07, 6.45) is 5.90. The molecule has 1 aromatic rings. The van der Waals surface area contributed by atoms with Crippen molar-refractivity contribution in [3.63, 3.8) is 0 Å². The first kappa shape index (κ1) is 19.5. The molecule has 1 aromatic carbocycles. The molecule has 2 unspecified atom stereocenters. The van der Waals surface area contributed by atoms with Gasteiger partial charge in [0.05, 0.1) is 22.7 Å². The highest BCUT2D eigenvalue weighted by Gasteiger charge is 2.39. The van der Waals surface area contributed by atoms with Gasteiger partial charge in [0, 0.05) is 32.7 Å². The van der Waals surface area contributed by atoms with Crippen LogP contribution in [-0.4, -0.2) is 63.2 Å². The molecule has 0 bridgehead atoms. The lowest BCUT2D eigenvalue weighted by Crippen LogP contribution is -2.42. The van der Waals surface area contributed by atoms with Gasteiger partial charge in [0.25, 0.3) is 0 Å². The molecule has 1 amide bonds. The summed E-state index contributed by atoms with van der Waals surface area (Å²) in [4.78, 5) is 16.7. The predicted molar refractivity (Wildman–Crippen MR) is 111 cm³/mol. The molecule has 3 aliphatic rings. The number of sulfonamides is 1. The molecule has 3 fully saturated rings. The Kier molecular flexibility index (Phi) is 5.78. The number of hydrogen-bond donors (Lipinski definition) is 2. The summed E-state index contributed by atoms with van der Waals surface area (Å²) >= 11 is 0. The van der Waals surface area contributed by atoms with Gasteiger partial charge in [0.1, 0.15) is 0 Å². The van der Waals surface area contributed by atoms with E-state index in [1.807, 2.05) is 29.2 Å². The Morgan fingerprint density at radius 1 is 1.00 bits per heavy atom. The van der Waals surface area contributed by atoms with Crippen LogP contribution >= 0.6 is 0 Å². The van der Waals surface area contributed by atoms with Crippen molar-refractivity contribution in [3.8, 4) is 0 Å². The molecule has 4 rings (SSSR count). The van der Waals surface area contributed by atoms with Crippen LogP contribution in [0, 0.1) is 0 Å². The number of rotatable bonds is 5. The molecule has 0 spiro atoms. The number of benzene rings is 1. The first-order valence-corrected chi connectivity index (χ1v) is 12.0. The molecule has 28 heavy (non-hydrogen) atoms. The van der Waals surface area contributed by atoms with E-state index in [1.165, 1.54) is 6.42 Å². The molecule has 0 aliphatic carbocycles. The van der Waals surface area contributed by atoms with Crippen molar-refractivity contribution >= 4 is 27.3 Å². The van der Waals surface area contributed by atoms with Crippen molar-refractivity contribution in [2.45, 2.75) is 49.8 Å². The van der Waals surface area contributed by atoms with Gasteiger partial charge in [0.15, 0.2) is 0 Å². The van der Waals surface area contributed by atoms with Crippen LogP contribution in [0.3, 0.4) is 0 Å². The fraction of sp³-hybridized carbons (Fsp3) is 0.650. The summed E-state index contributed by atoms with van der Waals surface area (Å²) in [5.41, 5.74) is 1.58. The van der Waals surface area contributed by atoms with Crippen LogP contribution in [0.25, 0.3) is 0 Å². The van der Waals surface area contributed by atoms with Crippen LogP contribution in [0.15, 0.2) is 24.3 Å². The summed E-state index contributed by atoms with van der Waals surface area (Å²) in [5.74, 6) is 0.0453. The third-order valence-corrected chi connectivity index (χ3v) is 7.84. The Hall–Kier alpha value is -1.80. The Bertz CT molecular complexity index is 801. The van der Waals surface area contributed by atoms with E-state index in [0.29, 0.717) is 18.7 Å². The van der Waals surface area contributed by atoms with Gasteiger partial charge >= 0.3 is 0 Å². The van der Waals surface area contributed by atoms with Gasteiger partial charge in [-0.3, -0.25) is 9.52 Å². The number of nitrogens with zero attached hydrogens (tertiary/aromatic N) is 2. The molecule has 154 valence electrons. The van der Waals surface area contributed by atoms with Crippen molar-refractivity contribution in [1.29, 1.82) is 0 Å². The highest BCUT2D eigenvalue weighted by molar-refractivity contribution is 7.93. The maximum absolute atomic E-state index is 13.0. The lowest BCUT2D eigenvalue weighted by molar-refractivity contribution is -0.131. The summed E-state index contributed by atoms with van der Waals surface area (Å²) in [6, 6.07) is 7.23. The van der Waals surface area contributed by atoms with Crippen LogP contribution in [0.4, 0.5) is 11.4 Å². The maximum Gasteiger partial charge on any atom is 0.239 e. The number of carbonyl (C=O) groups is 1. The van der Waals surface area contributed by atoms with Gasteiger partial charge in [0.2, 0.25) is 15.9 Å². The van der Waals surface area contributed by atoms with Crippen LogP contribution in [-0.2, 0) is 14.8 Å². The Morgan fingerprint density at radius 2 is 1.68 bits per heavy atom. The number of likely N-dealkylation sites (tertiary alicyclic amines) is 1. The minimum absolute atomic E-state index is 0.0453. The number of hydrogen-bond acceptors (Lipinski definition) is 5. The van der Waals surface area contributed by atoms with E-state index >= 15 is 0 Å². The van der Waals surface area contributed by atoms with Crippen LogP contribution in [0.2, 0.25) is 0 Å². The predicted octanol–water partition coefficient (Wildman–Crippen LogP) is 1.77. The quantitative estimate of drug-likeness (QED) is 0.779. The number of carbonyl (C=O) groups excluding carboxylic acids is 1. The van der Waals surface area contributed by atoms with Crippen molar-refractivity contribution in [2.24, 2.45) is 0 Å². The Labute approximate surface area is 167 Å². The smallest absolute Gasteiger partial charge is 0.239 e. The molecular formula is C20H30N4O3S. The zero-order valence-electron chi connectivity index (χ0n) is 16.3. The largest absolute Gasteiger partial charge is 0.370 e. The summed E-state index contributed by atoms with van der Waals surface area (Å²) in [5, 5.41) is 2.53. The zero-order chi connectivity index (χ0) is 19.6. The second kappa shape index (κ2) is 8.29. The topological polar surface area (TPSA) is 81.8 Å². The Balaban J connectivity index is 1.44. The molecule has 0 aromatic heterocycles. The molecule has 0 radical (unpaired) electrons. The van der Waals surface area contributed by atoms with E-state index in [0.717, 1.165) is 57.5 Å². The van der Waals surface area contributed by atoms with Gasteiger partial charge in [-0.15, -0.1) is 0 Å². The number of nitrogens with one attached hydrogen (secondary N) is 2. The molecule has 3 saturated heterocycles. The molecule has 3 aliphatic heterocycles. The van der Waals surface area contributed by atoms with Gasteiger partial charge in [-0.1, -0.05) is 12.1 Å². The number of piperidine rings is 1. The van der Waals surface area contributed by atoms with Gasteiger partial charge in [-0.05, 0) is 50.7 Å². The second-order valence-corrected chi connectivity index (χ2v) is 10.0. The average Bonchev–Trinajstić information content (AvgIpc) is 3.41. The molecule has 7 nitrogen and oxygen atoms in total. The second-order valence-electron chi connectivity index (χ2n) is 8.06. The monoisotopic (exact) mass is 406 g/mol. The highest BCUT2D eigenvalue weighted by Crippen LogP contribution is 2.30. The van der Waals surface area contributed by atoms with E-state index in [4.69, 9.17) is 0 Å². The van der Waals surface area contributed by atoms with Crippen molar-refractivity contribution in [1.82, 2.24) is 10.2 Å². The van der Waals surface area contributed by atoms with Gasteiger partial charge in [-0.25, -0.2) is 8.42 Å². The fourth-order valence-corrected chi connectivity index (χ4v) is 5.90. The van der Waals surface area contributed by atoms with E-state index < -0.39 is 21.3 Å². The zero-order valence-corrected chi connectivity index (χ0v) is 17.1. The van der Waals surface area contributed by atoms with E-state index in [-0.39, 0.29) is 5.91 Å². The number of para-hydroxylation sites is 2. The van der Waals surface area contributed by atoms with Crippen molar-refractivity contribution < 1.29 is 13.2 Å². The van der Waals surface area contributed by atoms with Gasteiger partial charge in [-0.2, -0.15) is 0 Å². The third-order valence-electron chi connectivity index (χ3n) is 6.10. The van der Waals surface area contributed by atoms with Crippen LogP contribution in [0.1, 0.15) is 38.5 Å². The molecular weight excluding hydrogens is 376 g/mol. The first-order valence-electron chi connectivity index (χ1n) is 10.4. The molecule has 8 heteroatoms. The lowest BCUT2D eigenvalue weighted by Gasteiger charge is -2.30. The molecule has 3 heterocycles. The number of anilines is 2. The van der Waals surface area contributed by atoms with Crippen LogP contribution < -0.4 is 14.9 Å². The maximum atomic E-state index is 13.0. The summed E-state index contributed by atoms with van der Waals surface area (Å²) < 4.78 is 28.9. The minimum atomic E-state index is -3.57. The van der Waals surface area contributed by atoms with E-state index in [9.17, 15) is 13.2 Å².